The van der Waals surface area contributed by atoms with Crippen LogP contribution in [0.25, 0.3) is 0 Å². The van der Waals surface area contributed by atoms with Gasteiger partial charge in [0, 0.05) is 6.42 Å². The third kappa shape index (κ3) is 6.50. The molecule has 3 aromatic carbocycles. The summed E-state index contributed by atoms with van der Waals surface area (Å²) in [6, 6.07) is 20.6. The van der Waals surface area contributed by atoms with Crippen LogP contribution in [0, 0.1) is 0 Å². The number of aldehydes is 1. The molecule has 0 amide bonds. The molecule has 0 aromatic heterocycles. The molecule has 3 aromatic rings. The van der Waals surface area contributed by atoms with E-state index in [0.717, 1.165) is 16.4 Å². The van der Waals surface area contributed by atoms with Crippen LogP contribution in [0.3, 0.4) is 0 Å². The second kappa shape index (κ2) is 11.8. The second-order valence-corrected chi connectivity index (χ2v) is 16.9. The van der Waals surface area contributed by atoms with Crippen LogP contribution in [-0.4, -0.2) is 35.0 Å². The van der Waals surface area contributed by atoms with Gasteiger partial charge in [0.15, 0.2) is 6.29 Å². The van der Waals surface area contributed by atoms with E-state index in [1.165, 1.54) is 13.0 Å². The number of halogens is 4. The zero-order valence-electron chi connectivity index (χ0n) is 21.3. The van der Waals surface area contributed by atoms with Crippen molar-refractivity contribution in [2.45, 2.75) is 56.0 Å². The number of carbonyl (C=O) groups is 1. The Hall–Kier alpha value is -1.78. The first-order valence-corrected chi connectivity index (χ1v) is 16.1. The zero-order chi connectivity index (χ0) is 28.4. The first-order chi connectivity index (χ1) is 17.6. The third-order valence-corrected chi connectivity index (χ3v) is 13.7. The summed E-state index contributed by atoms with van der Waals surface area (Å²) in [4.78, 5) is 11.8. The fraction of sp³-hybridized carbons (Fsp3) is 0.296. The molecule has 0 spiro atoms. The molecule has 0 aliphatic carbocycles. The molecule has 0 heterocycles. The Balaban J connectivity index is 2.01. The second-order valence-electron chi connectivity index (χ2n) is 9.93. The highest BCUT2D eigenvalue weighted by Crippen LogP contribution is 2.41. The van der Waals surface area contributed by atoms with Crippen LogP contribution in [0.1, 0.15) is 34.1 Å². The largest absolute Gasteiger partial charge is 0.371 e. The predicted octanol–water partition coefficient (Wildman–Crippen LogP) is 6.57. The highest BCUT2D eigenvalue weighted by atomic mass is 35.5. The molecule has 0 saturated carbocycles. The molecule has 0 aliphatic heterocycles. The van der Waals surface area contributed by atoms with E-state index >= 15 is 4.39 Å². The smallest absolute Gasteiger partial charge is 0.298 e. The van der Waals surface area contributed by atoms with Crippen LogP contribution in [0.15, 0.2) is 77.7 Å². The molecular formula is C27H28Cl3FO5SSi. The van der Waals surface area contributed by atoms with Crippen molar-refractivity contribution < 1.29 is 26.2 Å². The van der Waals surface area contributed by atoms with Crippen molar-refractivity contribution in [1.82, 2.24) is 0 Å². The summed E-state index contributed by atoms with van der Waals surface area (Å²) in [6.45, 7) is 7.12. The fourth-order valence-electron chi connectivity index (χ4n) is 4.41. The molecule has 0 aliphatic rings. The van der Waals surface area contributed by atoms with Gasteiger partial charge in [-0.15, -0.1) is 0 Å². The van der Waals surface area contributed by atoms with Crippen LogP contribution < -0.4 is 10.4 Å². The van der Waals surface area contributed by atoms with E-state index in [-0.39, 0.29) is 21.4 Å². The molecule has 0 N–H and O–H groups in total. The van der Waals surface area contributed by atoms with Crippen LogP contribution in [-0.2, 0) is 23.5 Å². The predicted molar refractivity (Wildman–Crippen MR) is 152 cm³/mol. The average Bonchev–Trinajstić information content (AvgIpc) is 2.84. The minimum Gasteiger partial charge on any atom is -0.371 e. The normalized spacial score (nSPS) is 15.1. The van der Waals surface area contributed by atoms with E-state index in [1.807, 2.05) is 81.4 Å². The van der Waals surface area contributed by atoms with Crippen molar-refractivity contribution >= 4 is 69.9 Å². The van der Waals surface area contributed by atoms with E-state index in [9.17, 15) is 13.2 Å². The van der Waals surface area contributed by atoms with Crippen LogP contribution >= 0.6 is 34.8 Å². The van der Waals surface area contributed by atoms with E-state index in [0.29, 0.717) is 0 Å². The highest BCUT2D eigenvalue weighted by Gasteiger charge is 2.55. The lowest BCUT2D eigenvalue weighted by Crippen LogP contribution is -2.69. The van der Waals surface area contributed by atoms with Gasteiger partial charge in [-0.1, -0.05) is 116 Å². The highest BCUT2D eigenvalue weighted by molar-refractivity contribution is 7.87. The Morgan fingerprint density at radius 3 is 1.82 bits per heavy atom. The minimum absolute atomic E-state index is 0.0476. The summed E-state index contributed by atoms with van der Waals surface area (Å²) in [5.74, 6) is -2.87. The van der Waals surface area contributed by atoms with Gasteiger partial charge in [0.05, 0.1) is 21.2 Å². The summed E-state index contributed by atoms with van der Waals surface area (Å²) in [6.07, 6.45) is -1.94. The van der Waals surface area contributed by atoms with Gasteiger partial charge < -0.3 is 4.43 Å². The molecule has 3 rings (SSSR count). The Kier molecular flexibility index (Phi) is 9.52. The third-order valence-electron chi connectivity index (χ3n) is 6.02. The Labute approximate surface area is 239 Å². The van der Waals surface area contributed by atoms with Crippen LogP contribution in [0.4, 0.5) is 4.39 Å². The van der Waals surface area contributed by atoms with Crippen LogP contribution in [0.2, 0.25) is 20.1 Å². The van der Waals surface area contributed by atoms with Gasteiger partial charge >= 0.3 is 0 Å². The summed E-state index contributed by atoms with van der Waals surface area (Å²) >= 11 is 17.9. The number of alkyl halides is 1. The van der Waals surface area contributed by atoms with Crippen molar-refractivity contribution in [3.63, 3.8) is 0 Å². The van der Waals surface area contributed by atoms with E-state index in [2.05, 4.69) is 0 Å². The number of hydrogen-bond donors (Lipinski definition) is 0. The quantitative estimate of drug-likeness (QED) is 0.111. The summed E-state index contributed by atoms with van der Waals surface area (Å²) < 4.78 is 53.9. The Morgan fingerprint density at radius 2 is 1.37 bits per heavy atom. The minimum atomic E-state index is -4.49. The molecule has 11 heteroatoms. The summed E-state index contributed by atoms with van der Waals surface area (Å²) in [5, 5.41) is 0.689. The lowest BCUT2D eigenvalue weighted by atomic mass is 10.2. The Bertz CT molecular complexity index is 1350. The number of benzene rings is 3. The molecule has 0 fully saturated rings. The first-order valence-electron chi connectivity index (χ1n) is 11.7. The maximum absolute atomic E-state index is 16.4. The van der Waals surface area contributed by atoms with Gasteiger partial charge in [-0.2, -0.15) is 8.42 Å². The van der Waals surface area contributed by atoms with Crippen molar-refractivity contribution in [3.05, 3.63) is 87.9 Å². The maximum Gasteiger partial charge on any atom is 0.298 e. The van der Waals surface area contributed by atoms with E-state index < -0.39 is 46.7 Å². The van der Waals surface area contributed by atoms with Crippen molar-refractivity contribution in [1.29, 1.82) is 0 Å². The SMILES string of the molecule is CC(CC(F)(C=O)O[Si](c1ccccc1)(c1ccccc1)C(C)(C)C)OS(=O)(=O)c1cc(Cl)c(Cl)cc1Cl. The average molecular weight is 618 g/mol. The lowest BCUT2D eigenvalue weighted by molar-refractivity contribution is -0.144. The van der Waals surface area contributed by atoms with Crippen molar-refractivity contribution in [2.24, 2.45) is 0 Å². The standard InChI is InChI=1S/C27H28Cl3FO5SSi/c1-19(35-37(33,34)25-16-23(29)22(28)15-24(25)30)17-27(31,18-32)36-38(26(2,3)4,20-11-7-5-8-12-20)21-13-9-6-10-14-21/h5-16,18-19H,17H2,1-4H3. The Morgan fingerprint density at radius 1 is 0.895 bits per heavy atom. The molecule has 0 saturated heterocycles. The van der Waals surface area contributed by atoms with Gasteiger partial charge in [0.1, 0.15) is 4.90 Å². The lowest BCUT2D eigenvalue weighted by Gasteiger charge is -2.45. The molecule has 38 heavy (non-hydrogen) atoms. The molecule has 5 nitrogen and oxygen atoms in total. The van der Waals surface area contributed by atoms with Gasteiger partial charge in [-0.3, -0.25) is 8.98 Å². The maximum atomic E-state index is 16.4. The number of hydrogen-bond acceptors (Lipinski definition) is 5. The molecule has 2 atom stereocenters. The topological polar surface area (TPSA) is 69.7 Å². The molecule has 204 valence electrons. The summed E-state index contributed by atoms with van der Waals surface area (Å²) in [7, 11) is -7.97. The molecule has 2 unspecified atom stereocenters. The van der Waals surface area contributed by atoms with E-state index in [1.54, 1.807) is 0 Å². The van der Waals surface area contributed by atoms with Gasteiger partial charge in [0.2, 0.25) is 0 Å². The van der Waals surface area contributed by atoms with Gasteiger partial charge in [-0.05, 0) is 34.5 Å². The van der Waals surface area contributed by atoms with Gasteiger partial charge in [0.25, 0.3) is 24.3 Å². The van der Waals surface area contributed by atoms with Crippen LogP contribution in [0.5, 0.6) is 0 Å². The fourth-order valence-corrected chi connectivity index (χ4v) is 11.0. The molecule has 0 radical (unpaired) electrons. The van der Waals surface area contributed by atoms with Gasteiger partial charge in [-0.25, -0.2) is 4.39 Å². The summed E-state index contributed by atoms with van der Waals surface area (Å²) in [5.41, 5.74) is 0. The monoisotopic (exact) mass is 616 g/mol. The molecular weight excluding hydrogens is 590 g/mol. The van der Waals surface area contributed by atoms with Crippen molar-refractivity contribution in [3.8, 4) is 0 Å². The zero-order valence-corrected chi connectivity index (χ0v) is 25.3. The molecule has 0 bridgehead atoms. The number of carbonyl (C=O) groups excluding carboxylic acids is 1. The van der Waals surface area contributed by atoms with E-state index in [4.69, 9.17) is 43.4 Å². The first kappa shape index (κ1) is 30.8. The number of rotatable bonds is 10. The van der Waals surface area contributed by atoms with Crippen molar-refractivity contribution in [2.75, 3.05) is 0 Å².